The van der Waals surface area contributed by atoms with Crippen LogP contribution < -0.4 is 10.2 Å². The van der Waals surface area contributed by atoms with Gasteiger partial charge in [-0.1, -0.05) is 0 Å². The van der Waals surface area contributed by atoms with E-state index < -0.39 is 0 Å². The summed E-state index contributed by atoms with van der Waals surface area (Å²) in [6.45, 7) is 7.15. The Morgan fingerprint density at radius 3 is 2.96 bits per heavy atom. The molecule has 0 unspecified atom stereocenters. The SMILES string of the molecule is CC(C)OCCCNC(=O)C1CCN(c2ncnc3ccsc23)CC1. The van der Waals surface area contributed by atoms with Crippen LogP contribution in [0.1, 0.15) is 33.1 Å². The quantitative estimate of drug-likeness (QED) is 0.767. The minimum atomic E-state index is 0.0999. The Bertz CT molecular complexity index is 695. The molecule has 2 aromatic rings. The number of hydrogen-bond acceptors (Lipinski definition) is 6. The molecule has 6 nitrogen and oxygen atoms in total. The number of ether oxygens (including phenoxy) is 1. The van der Waals surface area contributed by atoms with Crippen LogP contribution in [0.25, 0.3) is 10.2 Å². The summed E-state index contributed by atoms with van der Waals surface area (Å²) in [6.07, 6.45) is 4.47. The van der Waals surface area contributed by atoms with Crippen LogP contribution in [0.2, 0.25) is 0 Å². The molecule has 3 heterocycles. The molecule has 1 fully saturated rings. The number of piperidine rings is 1. The zero-order valence-electron chi connectivity index (χ0n) is 14.9. The van der Waals surface area contributed by atoms with Gasteiger partial charge in [-0.05, 0) is 44.6 Å². The highest BCUT2D eigenvalue weighted by Crippen LogP contribution is 2.30. The predicted octanol–water partition coefficient (Wildman–Crippen LogP) is 2.84. The van der Waals surface area contributed by atoms with Crippen molar-refractivity contribution in [2.24, 2.45) is 5.92 Å². The molecular weight excluding hydrogens is 336 g/mol. The first-order valence-electron chi connectivity index (χ1n) is 8.97. The second-order valence-electron chi connectivity index (χ2n) is 6.66. The van der Waals surface area contributed by atoms with E-state index in [-0.39, 0.29) is 17.9 Å². The maximum Gasteiger partial charge on any atom is 0.223 e. The maximum absolute atomic E-state index is 12.3. The lowest BCUT2D eigenvalue weighted by Gasteiger charge is -2.32. The Kier molecular flexibility index (Phi) is 6.20. The van der Waals surface area contributed by atoms with Gasteiger partial charge in [-0.15, -0.1) is 11.3 Å². The van der Waals surface area contributed by atoms with Crippen molar-refractivity contribution in [1.29, 1.82) is 0 Å². The molecule has 0 saturated carbocycles. The monoisotopic (exact) mass is 362 g/mol. The highest BCUT2D eigenvalue weighted by molar-refractivity contribution is 7.17. The lowest BCUT2D eigenvalue weighted by atomic mass is 9.96. The molecule has 1 aliphatic heterocycles. The summed E-state index contributed by atoms with van der Waals surface area (Å²) in [5.74, 6) is 1.28. The van der Waals surface area contributed by atoms with Crippen molar-refractivity contribution >= 4 is 33.3 Å². The molecule has 136 valence electrons. The van der Waals surface area contributed by atoms with Crippen LogP contribution in [0.15, 0.2) is 17.8 Å². The molecule has 7 heteroatoms. The summed E-state index contributed by atoms with van der Waals surface area (Å²) in [6, 6.07) is 2.02. The first kappa shape index (κ1) is 18.1. The Balaban J connectivity index is 1.45. The maximum atomic E-state index is 12.3. The molecule has 0 aromatic carbocycles. The van der Waals surface area contributed by atoms with E-state index in [0.717, 1.165) is 48.4 Å². The minimum Gasteiger partial charge on any atom is -0.379 e. The van der Waals surface area contributed by atoms with Crippen molar-refractivity contribution in [3.8, 4) is 0 Å². The van der Waals surface area contributed by atoms with E-state index in [0.29, 0.717) is 13.2 Å². The highest BCUT2D eigenvalue weighted by Gasteiger charge is 2.26. The zero-order valence-corrected chi connectivity index (χ0v) is 15.7. The summed E-state index contributed by atoms with van der Waals surface area (Å²) >= 11 is 1.67. The lowest BCUT2D eigenvalue weighted by molar-refractivity contribution is -0.125. The normalized spacial score (nSPS) is 15.9. The summed E-state index contributed by atoms with van der Waals surface area (Å²) in [5, 5.41) is 5.09. The molecule has 25 heavy (non-hydrogen) atoms. The number of amides is 1. The molecule has 1 N–H and O–H groups in total. The van der Waals surface area contributed by atoms with E-state index in [1.807, 2.05) is 25.3 Å². The molecule has 0 bridgehead atoms. The fraction of sp³-hybridized carbons (Fsp3) is 0.611. The summed E-state index contributed by atoms with van der Waals surface area (Å²) < 4.78 is 6.63. The van der Waals surface area contributed by atoms with Crippen LogP contribution in [0, 0.1) is 5.92 Å². The number of carbonyl (C=O) groups is 1. The Hall–Kier alpha value is -1.73. The number of aromatic nitrogens is 2. The van der Waals surface area contributed by atoms with Gasteiger partial charge < -0.3 is 15.0 Å². The van der Waals surface area contributed by atoms with Crippen molar-refractivity contribution in [2.45, 2.75) is 39.2 Å². The first-order chi connectivity index (χ1) is 12.1. The number of rotatable bonds is 7. The smallest absolute Gasteiger partial charge is 0.223 e. The Morgan fingerprint density at radius 2 is 2.20 bits per heavy atom. The van der Waals surface area contributed by atoms with Gasteiger partial charge in [-0.2, -0.15) is 0 Å². The number of nitrogens with one attached hydrogen (secondary N) is 1. The van der Waals surface area contributed by atoms with Gasteiger partial charge in [0.25, 0.3) is 0 Å². The van der Waals surface area contributed by atoms with Crippen LogP contribution in [0.5, 0.6) is 0 Å². The van der Waals surface area contributed by atoms with Crippen molar-refractivity contribution in [1.82, 2.24) is 15.3 Å². The second-order valence-corrected chi connectivity index (χ2v) is 7.57. The zero-order chi connectivity index (χ0) is 17.6. The average Bonchev–Trinajstić information content (AvgIpc) is 3.10. The number of nitrogens with zero attached hydrogens (tertiary/aromatic N) is 3. The van der Waals surface area contributed by atoms with Gasteiger partial charge in [0.1, 0.15) is 12.1 Å². The van der Waals surface area contributed by atoms with Crippen molar-refractivity contribution in [3.63, 3.8) is 0 Å². The molecule has 1 saturated heterocycles. The number of thiophene rings is 1. The predicted molar refractivity (Wildman–Crippen MR) is 101 cm³/mol. The fourth-order valence-corrected chi connectivity index (χ4v) is 3.96. The Labute approximate surface area is 152 Å². The van der Waals surface area contributed by atoms with E-state index in [4.69, 9.17) is 4.74 Å². The Morgan fingerprint density at radius 1 is 1.40 bits per heavy atom. The average molecular weight is 362 g/mol. The highest BCUT2D eigenvalue weighted by atomic mass is 32.1. The molecule has 0 radical (unpaired) electrons. The molecule has 0 atom stereocenters. The standard InChI is InChI=1S/C18H26N4O2S/c1-13(2)24-10-3-7-19-18(23)14-4-8-22(9-5-14)17-16-15(6-11-25-16)20-12-21-17/h6,11-14H,3-5,7-10H2,1-2H3,(H,19,23). The third kappa shape index (κ3) is 4.67. The summed E-state index contributed by atoms with van der Waals surface area (Å²) in [5.41, 5.74) is 0.999. The van der Waals surface area contributed by atoms with Gasteiger partial charge in [-0.3, -0.25) is 4.79 Å². The topological polar surface area (TPSA) is 67.3 Å². The van der Waals surface area contributed by atoms with E-state index in [1.165, 1.54) is 0 Å². The van der Waals surface area contributed by atoms with Crippen LogP contribution >= 0.6 is 11.3 Å². The number of carbonyl (C=O) groups excluding carboxylic acids is 1. The minimum absolute atomic E-state index is 0.0999. The van der Waals surface area contributed by atoms with Crippen molar-refractivity contribution in [2.75, 3.05) is 31.1 Å². The third-order valence-corrected chi connectivity index (χ3v) is 5.36. The summed E-state index contributed by atoms with van der Waals surface area (Å²) in [7, 11) is 0. The molecule has 3 rings (SSSR count). The van der Waals surface area contributed by atoms with Gasteiger partial charge >= 0.3 is 0 Å². The van der Waals surface area contributed by atoms with E-state index in [9.17, 15) is 4.79 Å². The van der Waals surface area contributed by atoms with Crippen molar-refractivity contribution < 1.29 is 9.53 Å². The van der Waals surface area contributed by atoms with Gasteiger partial charge in [0.05, 0.1) is 16.3 Å². The van der Waals surface area contributed by atoms with Gasteiger partial charge in [0.15, 0.2) is 0 Å². The lowest BCUT2D eigenvalue weighted by Crippen LogP contribution is -2.41. The van der Waals surface area contributed by atoms with Crippen LogP contribution in [0.4, 0.5) is 5.82 Å². The van der Waals surface area contributed by atoms with Crippen LogP contribution in [0.3, 0.4) is 0 Å². The van der Waals surface area contributed by atoms with Gasteiger partial charge in [0, 0.05) is 32.2 Å². The second kappa shape index (κ2) is 8.58. The summed E-state index contributed by atoms with van der Waals surface area (Å²) in [4.78, 5) is 23.4. The first-order valence-corrected chi connectivity index (χ1v) is 9.85. The van der Waals surface area contributed by atoms with Crippen LogP contribution in [-0.2, 0) is 9.53 Å². The third-order valence-electron chi connectivity index (χ3n) is 4.46. The van der Waals surface area contributed by atoms with Crippen molar-refractivity contribution in [3.05, 3.63) is 17.8 Å². The molecular formula is C18H26N4O2S. The van der Waals surface area contributed by atoms with E-state index in [2.05, 4.69) is 20.2 Å². The van der Waals surface area contributed by atoms with Gasteiger partial charge in [-0.25, -0.2) is 9.97 Å². The largest absolute Gasteiger partial charge is 0.379 e. The van der Waals surface area contributed by atoms with E-state index in [1.54, 1.807) is 17.7 Å². The van der Waals surface area contributed by atoms with E-state index >= 15 is 0 Å². The molecule has 0 spiro atoms. The fourth-order valence-electron chi connectivity index (χ4n) is 3.10. The van der Waals surface area contributed by atoms with Gasteiger partial charge in [0.2, 0.25) is 5.91 Å². The molecule has 2 aromatic heterocycles. The number of fused-ring (bicyclic) bond motifs is 1. The van der Waals surface area contributed by atoms with Crippen LogP contribution in [-0.4, -0.2) is 48.2 Å². The molecule has 1 amide bonds. The number of anilines is 1. The number of hydrogen-bond donors (Lipinski definition) is 1. The molecule has 1 aliphatic rings. The molecule has 0 aliphatic carbocycles.